The number of nitrogens with one attached hydrogen (secondary N) is 1. The third kappa shape index (κ3) is 1.62. The van der Waals surface area contributed by atoms with Crippen LogP contribution < -0.4 is 4.98 Å². The van der Waals surface area contributed by atoms with E-state index in [0.717, 1.165) is 11.0 Å². The standard InChI is InChI=1S/C7H6N2S.Au/c10-7-8-5-3-1-2-4-6(5)9-7;/h1-4H,(H2,8,9,10);/q;+1/p-1. The first kappa shape index (κ1) is 8.74. The molecule has 2 aromatic rings. The summed E-state index contributed by atoms with van der Waals surface area (Å²) >= 11 is 4.85. The van der Waals surface area contributed by atoms with Crippen LogP contribution in [0.4, 0.5) is 0 Å². The second-order valence-corrected chi connectivity index (χ2v) is 2.45. The number of imidazole rings is 1. The molecule has 0 aliphatic carbocycles. The maximum atomic E-state index is 4.85. The van der Waals surface area contributed by atoms with Gasteiger partial charge in [-0.15, -0.1) is 0 Å². The van der Waals surface area contributed by atoms with Crippen LogP contribution in [-0.4, -0.2) is 4.98 Å². The molecule has 0 bridgehead atoms. The number of aromatic amines is 1. The Balaban J connectivity index is 0.000000605. The van der Waals surface area contributed by atoms with E-state index in [4.69, 9.17) is 12.2 Å². The fourth-order valence-corrected chi connectivity index (χ4v) is 1.14. The largest absolute Gasteiger partial charge is 1.00 e. The van der Waals surface area contributed by atoms with Gasteiger partial charge in [0.25, 0.3) is 0 Å². The Morgan fingerprint density at radius 3 is 2.73 bits per heavy atom. The zero-order valence-electron chi connectivity index (χ0n) is 5.47. The zero-order valence-corrected chi connectivity index (χ0v) is 8.45. The van der Waals surface area contributed by atoms with Crippen LogP contribution in [-0.2, 0) is 22.4 Å². The molecule has 1 aromatic carbocycles. The van der Waals surface area contributed by atoms with Gasteiger partial charge in [0.15, 0.2) is 0 Å². The Morgan fingerprint density at radius 2 is 2.00 bits per heavy atom. The summed E-state index contributed by atoms with van der Waals surface area (Å²) in [5.74, 6) is 0. The smallest absolute Gasteiger partial charge is 0.448 e. The molecule has 11 heavy (non-hydrogen) atoms. The number of para-hydroxylation sites is 2. The van der Waals surface area contributed by atoms with Gasteiger partial charge in [0.2, 0.25) is 0 Å². The Morgan fingerprint density at radius 1 is 1.27 bits per heavy atom. The second kappa shape index (κ2) is 3.36. The Kier molecular flexibility index (Phi) is 2.67. The maximum Gasteiger partial charge on any atom is 1.00 e. The molecule has 0 aliphatic heterocycles. The van der Waals surface area contributed by atoms with Crippen LogP contribution in [0.25, 0.3) is 11.0 Å². The fraction of sp³-hybridized carbons (Fsp3) is 0. The summed E-state index contributed by atoms with van der Waals surface area (Å²) in [6, 6.07) is 7.78. The van der Waals surface area contributed by atoms with Crippen molar-refractivity contribution in [1.82, 2.24) is 9.97 Å². The minimum Gasteiger partial charge on any atom is -0.448 e. The number of fused-ring (bicyclic) bond motifs is 1. The van der Waals surface area contributed by atoms with E-state index in [0.29, 0.717) is 4.77 Å². The average Bonchev–Trinajstić information content (AvgIpc) is 2.27. The molecule has 1 aromatic heterocycles. The van der Waals surface area contributed by atoms with E-state index in [2.05, 4.69) is 9.97 Å². The summed E-state index contributed by atoms with van der Waals surface area (Å²) in [6.45, 7) is 0. The molecule has 1 N–H and O–H groups in total. The number of aromatic nitrogens is 2. The molecule has 0 atom stereocenters. The van der Waals surface area contributed by atoms with E-state index in [-0.39, 0.29) is 22.4 Å². The summed E-state index contributed by atoms with van der Waals surface area (Å²) in [5.41, 5.74) is 1.94. The predicted octanol–water partition coefficient (Wildman–Crippen LogP) is 1.85. The number of hydrogen-bond donors (Lipinski definition) is 1. The van der Waals surface area contributed by atoms with Crippen molar-refractivity contribution in [3.05, 3.63) is 29.0 Å². The van der Waals surface area contributed by atoms with Crippen LogP contribution in [0.2, 0.25) is 0 Å². The molecular formula is C7H5AuN2S. The van der Waals surface area contributed by atoms with Crippen LogP contribution in [0, 0.1) is 4.77 Å². The molecule has 0 spiro atoms. The molecule has 0 saturated carbocycles. The van der Waals surface area contributed by atoms with Crippen LogP contribution in [0.15, 0.2) is 24.3 Å². The molecular weight excluding hydrogens is 341 g/mol. The predicted molar refractivity (Wildman–Crippen MR) is 42.5 cm³/mol. The molecule has 0 unspecified atom stereocenters. The Bertz CT molecular complexity index is 368. The van der Waals surface area contributed by atoms with E-state index in [1.807, 2.05) is 24.3 Å². The van der Waals surface area contributed by atoms with Gasteiger partial charge in [-0.3, -0.25) is 0 Å². The van der Waals surface area contributed by atoms with Crippen LogP contribution in [0.1, 0.15) is 0 Å². The van der Waals surface area contributed by atoms with Gasteiger partial charge < -0.3 is 9.97 Å². The van der Waals surface area contributed by atoms with Gasteiger partial charge in [-0.2, -0.15) is 0 Å². The third-order valence-electron chi connectivity index (χ3n) is 1.37. The summed E-state index contributed by atoms with van der Waals surface area (Å²) < 4.78 is 0.557. The van der Waals surface area contributed by atoms with Crippen molar-refractivity contribution in [2.24, 2.45) is 0 Å². The van der Waals surface area contributed by atoms with Gasteiger partial charge in [-0.25, -0.2) is 0 Å². The van der Waals surface area contributed by atoms with Crippen LogP contribution in [0.5, 0.6) is 0 Å². The van der Waals surface area contributed by atoms with E-state index >= 15 is 0 Å². The molecule has 0 fully saturated rings. The van der Waals surface area contributed by atoms with E-state index < -0.39 is 0 Å². The normalized spacial score (nSPS) is 9.45. The van der Waals surface area contributed by atoms with Gasteiger partial charge in [0, 0.05) is 4.77 Å². The number of nitrogens with zero attached hydrogens (tertiary/aromatic N) is 1. The Labute approximate surface area is 84.5 Å². The van der Waals surface area contributed by atoms with Gasteiger partial charge in [-0.1, -0.05) is 36.5 Å². The van der Waals surface area contributed by atoms with Crippen molar-refractivity contribution in [2.45, 2.75) is 0 Å². The first-order valence-electron chi connectivity index (χ1n) is 2.98. The Hall–Kier alpha value is -0.350. The number of benzene rings is 1. The van der Waals surface area contributed by atoms with Gasteiger partial charge >= 0.3 is 22.4 Å². The van der Waals surface area contributed by atoms with E-state index in [1.54, 1.807) is 0 Å². The fourth-order valence-electron chi connectivity index (χ4n) is 0.929. The summed E-state index contributed by atoms with van der Waals surface area (Å²) in [6.07, 6.45) is 0. The van der Waals surface area contributed by atoms with Gasteiger partial charge in [0.1, 0.15) is 0 Å². The molecule has 2 nitrogen and oxygen atoms in total. The summed E-state index contributed by atoms with van der Waals surface area (Å²) in [7, 11) is 0. The van der Waals surface area contributed by atoms with Crippen molar-refractivity contribution in [3.63, 3.8) is 0 Å². The van der Waals surface area contributed by atoms with Crippen molar-refractivity contribution >= 4 is 23.3 Å². The SMILES string of the molecule is S=c1[n-]c2ccccc2[nH]1.[Au+]. The van der Waals surface area contributed by atoms with Crippen LogP contribution in [0.3, 0.4) is 0 Å². The molecule has 0 aliphatic rings. The van der Waals surface area contributed by atoms with Crippen molar-refractivity contribution in [3.8, 4) is 0 Å². The van der Waals surface area contributed by atoms with E-state index in [1.165, 1.54) is 0 Å². The van der Waals surface area contributed by atoms with Crippen molar-refractivity contribution in [2.75, 3.05) is 0 Å². The molecule has 60 valence electrons. The number of hydrogen-bond acceptors (Lipinski definition) is 1. The monoisotopic (exact) mass is 346 g/mol. The maximum absolute atomic E-state index is 4.85. The first-order chi connectivity index (χ1) is 4.86. The molecule has 0 radical (unpaired) electrons. The number of H-pyrrole nitrogens is 1. The van der Waals surface area contributed by atoms with E-state index in [9.17, 15) is 0 Å². The quantitative estimate of drug-likeness (QED) is 0.583. The summed E-state index contributed by atoms with van der Waals surface area (Å²) in [4.78, 5) is 7.03. The molecule has 0 amide bonds. The third-order valence-corrected chi connectivity index (χ3v) is 1.56. The molecule has 0 saturated heterocycles. The minimum absolute atomic E-state index is 0. The second-order valence-electron chi connectivity index (χ2n) is 2.06. The average molecular weight is 346 g/mol. The zero-order chi connectivity index (χ0) is 6.97. The molecule has 2 rings (SSSR count). The van der Waals surface area contributed by atoms with Crippen LogP contribution >= 0.6 is 12.2 Å². The van der Waals surface area contributed by atoms with Crippen molar-refractivity contribution in [1.29, 1.82) is 0 Å². The molecule has 4 heteroatoms. The summed E-state index contributed by atoms with van der Waals surface area (Å²) in [5, 5.41) is 0. The molecule has 1 heterocycles. The topological polar surface area (TPSA) is 29.9 Å². The first-order valence-corrected chi connectivity index (χ1v) is 3.39. The van der Waals surface area contributed by atoms with Gasteiger partial charge in [0.05, 0.1) is 0 Å². The number of rotatable bonds is 0. The van der Waals surface area contributed by atoms with Crippen molar-refractivity contribution < 1.29 is 22.4 Å². The van der Waals surface area contributed by atoms with Gasteiger partial charge in [-0.05, 0) is 11.0 Å². The minimum atomic E-state index is 0.